The van der Waals surface area contributed by atoms with Gasteiger partial charge in [0.15, 0.2) is 0 Å². The maximum absolute atomic E-state index is 3.72. The van der Waals surface area contributed by atoms with E-state index in [1.165, 1.54) is 11.1 Å². The van der Waals surface area contributed by atoms with Gasteiger partial charge < -0.3 is 17.7 Å². The van der Waals surface area contributed by atoms with Gasteiger partial charge in [-0.1, -0.05) is 30.9 Å². The lowest BCUT2D eigenvalue weighted by Gasteiger charge is -1.97. The zero-order chi connectivity index (χ0) is 8.10. The molecule has 1 nitrogen and oxygen atoms in total. The minimum absolute atomic E-state index is 0. The minimum atomic E-state index is 0. The van der Waals surface area contributed by atoms with Crippen LogP contribution in [0.2, 0.25) is 0 Å². The number of hydrogen-bond donors (Lipinski definition) is 1. The van der Waals surface area contributed by atoms with Crippen molar-refractivity contribution in [1.82, 2.24) is 0 Å². The van der Waals surface area contributed by atoms with Crippen molar-refractivity contribution in [3.63, 3.8) is 0 Å². The number of hydrogen-bond acceptors (Lipinski definition) is 0. The maximum atomic E-state index is 3.72. The Morgan fingerprint density at radius 1 is 1.50 bits per heavy atom. The lowest BCUT2D eigenvalue weighted by Crippen LogP contribution is -3.00. The fourth-order valence-corrected chi connectivity index (χ4v) is 1.08. The van der Waals surface area contributed by atoms with Gasteiger partial charge in [0, 0.05) is 5.56 Å². The molecule has 0 unspecified atom stereocenters. The average Bonchev–Trinajstić information content (AvgIpc) is 2.06. The second-order valence-electron chi connectivity index (χ2n) is 2.56. The van der Waals surface area contributed by atoms with Crippen LogP contribution in [0.1, 0.15) is 11.1 Å². The fraction of sp³-hybridized carbons (Fsp3) is 0.200. The van der Waals surface area contributed by atoms with E-state index in [1.54, 1.807) is 0 Å². The van der Waals surface area contributed by atoms with E-state index in [-0.39, 0.29) is 12.4 Å². The highest BCUT2D eigenvalue weighted by molar-refractivity contribution is 5.47. The van der Waals surface area contributed by atoms with Gasteiger partial charge in [0.25, 0.3) is 0 Å². The molecular weight excluding hydrogens is 170 g/mol. The third-order valence-corrected chi connectivity index (χ3v) is 1.63. The Morgan fingerprint density at radius 2 is 2.25 bits per heavy atom. The lowest BCUT2D eigenvalue weighted by atomic mass is 10.1. The first-order valence-corrected chi connectivity index (χ1v) is 3.86. The Morgan fingerprint density at radius 3 is 2.83 bits per heavy atom. The molecule has 0 amide bonds. The first-order valence-electron chi connectivity index (χ1n) is 3.86. The molecule has 1 aromatic rings. The average molecular weight is 184 g/mol. The largest absolute Gasteiger partial charge is 1.00 e. The number of benzene rings is 1. The van der Waals surface area contributed by atoms with E-state index in [4.69, 9.17) is 0 Å². The molecule has 0 aromatic heterocycles. The molecule has 0 aliphatic rings. The number of rotatable bonds is 3. The topological polar surface area (TPSA) is 16.6 Å². The Labute approximate surface area is 79.9 Å². The van der Waals surface area contributed by atoms with Gasteiger partial charge in [0.05, 0.1) is 7.05 Å². The second-order valence-corrected chi connectivity index (χ2v) is 2.56. The highest BCUT2D eigenvalue weighted by Crippen LogP contribution is 2.04. The summed E-state index contributed by atoms with van der Waals surface area (Å²) in [5.74, 6) is 0. The van der Waals surface area contributed by atoms with Crippen molar-refractivity contribution in [1.29, 1.82) is 0 Å². The molecule has 0 bridgehead atoms. The molecule has 0 heterocycles. The van der Waals surface area contributed by atoms with Crippen molar-refractivity contribution >= 4 is 6.08 Å². The number of quaternary nitrogens is 1. The fourth-order valence-electron chi connectivity index (χ4n) is 1.08. The second kappa shape index (κ2) is 5.81. The van der Waals surface area contributed by atoms with Crippen LogP contribution in [0, 0.1) is 0 Å². The summed E-state index contributed by atoms with van der Waals surface area (Å²) in [6.07, 6.45) is 1.87. The van der Waals surface area contributed by atoms with Gasteiger partial charge in [0.2, 0.25) is 0 Å². The molecule has 0 aliphatic heterocycles. The van der Waals surface area contributed by atoms with Crippen LogP contribution in [-0.4, -0.2) is 7.05 Å². The Kier molecular flexibility index (Phi) is 5.43. The summed E-state index contributed by atoms with van der Waals surface area (Å²) >= 11 is 0. The van der Waals surface area contributed by atoms with Crippen molar-refractivity contribution in [2.45, 2.75) is 6.54 Å². The molecular formula is C10H14ClN. The molecule has 0 saturated carbocycles. The van der Waals surface area contributed by atoms with Gasteiger partial charge >= 0.3 is 0 Å². The van der Waals surface area contributed by atoms with Crippen LogP contribution in [-0.2, 0) is 6.54 Å². The zero-order valence-electron chi connectivity index (χ0n) is 7.26. The van der Waals surface area contributed by atoms with Gasteiger partial charge in [-0.3, -0.25) is 0 Å². The van der Waals surface area contributed by atoms with Gasteiger partial charge in [-0.15, -0.1) is 0 Å². The molecule has 0 saturated heterocycles. The Balaban J connectivity index is 0.00000121. The van der Waals surface area contributed by atoms with E-state index < -0.39 is 0 Å². The maximum Gasteiger partial charge on any atom is 0.101 e. The van der Waals surface area contributed by atoms with Gasteiger partial charge in [0.1, 0.15) is 6.54 Å². The van der Waals surface area contributed by atoms with Crippen molar-refractivity contribution in [2.24, 2.45) is 0 Å². The molecule has 1 rings (SSSR count). The van der Waals surface area contributed by atoms with Gasteiger partial charge in [-0.2, -0.15) is 0 Å². The van der Waals surface area contributed by atoms with Gasteiger partial charge in [-0.05, 0) is 11.6 Å². The smallest absolute Gasteiger partial charge is 0.101 e. The number of nitrogens with two attached hydrogens (primary N) is 1. The van der Waals surface area contributed by atoms with E-state index >= 15 is 0 Å². The molecule has 0 atom stereocenters. The van der Waals surface area contributed by atoms with Crippen LogP contribution < -0.4 is 17.7 Å². The first kappa shape index (κ1) is 11.2. The molecule has 0 spiro atoms. The van der Waals surface area contributed by atoms with E-state index in [1.807, 2.05) is 6.08 Å². The van der Waals surface area contributed by atoms with E-state index in [9.17, 15) is 0 Å². The molecule has 0 fully saturated rings. The third-order valence-electron chi connectivity index (χ3n) is 1.63. The Hall–Kier alpha value is -0.790. The lowest BCUT2D eigenvalue weighted by molar-refractivity contribution is -0.643. The molecule has 2 N–H and O–H groups in total. The van der Waals surface area contributed by atoms with Crippen LogP contribution in [0.4, 0.5) is 0 Å². The van der Waals surface area contributed by atoms with E-state index in [0.717, 1.165) is 6.54 Å². The van der Waals surface area contributed by atoms with Crippen LogP contribution in [0.25, 0.3) is 6.08 Å². The highest BCUT2D eigenvalue weighted by atomic mass is 35.5. The van der Waals surface area contributed by atoms with Crippen LogP contribution in [0.5, 0.6) is 0 Å². The molecule has 0 aliphatic carbocycles. The van der Waals surface area contributed by atoms with E-state index in [2.05, 4.69) is 43.2 Å². The summed E-state index contributed by atoms with van der Waals surface area (Å²) in [5.41, 5.74) is 2.55. The van der Waals surface area contributed by atoms with E-state index in [0.29, 0.717) is 0 Å². The van der Waals surface area contributed by atoms with Crippen LogP contribution in [0.3, 0.4) is 0 Å². The molecule has 1 aromatic carbocycles. The molecule has 0 radical (unpaired) electrons. The summed E-state index contributed by atoms with van der Waals surface area (Å²) in [7, 11) is 2.07. The van der Waals surface area contributed by atoms with Crippen molar-refractivity contribution in [3.8, 4) is 0 Å². The highest BCUT2D eigenvalue weighted by Gasteiger charge is 1.92. The quantitative estimate of drug-likeness (QED) is 0.560. The van der Waals surface area contributed by atoms with Crippen molar-refractivity contribution in [3.05, 3.63) is 42.0 Å². The monoisotopic (exact) mass is 183 g/mol. The molecule has 2 heteroatoms. The van der Waals surface area contributed by atoms with Gasteiger partial charge in [-0.25, -0.2) is 0 Å². The van der Waals surface area contributed by atoms with Crippen molar-refractivity contribution < 1.29 is 17.7 Å². The normalized spacial score (nSPS) is 8.75. The van der Waals surface area contributed by atoms with Crippen LogP contribution >= 0.6 is 0 Å². The predicted octanol–water partition coefficient (Wildman–Crippen LogP) is -1.97. The predicted molar refractivity (Wildman–Crippen MR) is 48.1 cm³/mol. The minimum Gasteiger partial charge on any atom is -1.00 e. The summed E-state index contributed by atoms with van der Waals surface area (Å²) < 4.78 is 0. The SMILES string of the molecule is C=Cc1cccc(C[NH2+]C)c1.[Cl-]. The first-order chi connectivity index (χ1) is 5.36. The number of halogens is 1. The summed E-state index contributed by atoms with van der Waals surface area (Å²) in [6.45, 7) is 4.77. The standard InChI is InChI=1S/C10H13N.ClH/c1-3-9-5-4-6-10(7-9)8-11-2;/h3-7,11H,1,8H2,2H3;1H. The zero-order valence-corrected chi connectivity index (χ0v) is 8.01. The summed E-state index contributed by atoms with van der Waals surface area (Å²) in [6, 6.07) is 8.42. The summed E-state index contributed by atoms with van der Waals surface area (Å²) in [4.78, 5) is 0. The van der Waals surface area contributed by atoms with Crippen LogP contribution in [0.15, 0.2) is 30.8 Å². The molecule has 12 heavy (non-hydrogen) atoms. The molecule has 66 valence electrons. The summed E-state index contributed by atoms with van der Waals surface area (Å²) in [5, 5.41) is 2.15. The Bertz CT molecular complexity index is 245. The third kappa shape index (κ3) is 3.07. The van der Waals surface area contributed by atoms with Crippen molar-refractivity contribution in [2.75, 3.05) is 7.05 Å².